The first-order valence-electron chi connectivity index (χ1n) is 6.62. The number of rotatable bonds is 5. The molecule has 5 heteroatoms. The minimum absolute atomic E-state index is 0.623. The SMILES string of the molecule is CCOc1c(Br)cc(Br)cc1CNc1cc(C)ccc1Cl. The van der Waals surface area contributed by atoms with Crippen LogP contribution < -0.4 is 10.1 Å². The molecule has 2 rings (SSSR count). The zero-order chi connectivity index (χ0) is 15.4. The molecule has 2 aromatic rings. The van der Waals surface area contributed by atoms with E-state index in [-0.39, 0.29) is 0 Å². The van der Waals surface area contributed by atoms with Gasteiger partial charge < -0.3 is 10.1 Å². The van der Waals surface area contributed by atoms with Gasteiger partial charge in [0, 0.05) is 16.6 Å². The van der Waals surface area contributed by atoms with E-state index < -0.39 is 0 Å². The highest BCUT2D eigenvalue weighted by Gasteiger charge is 2.10. The Labute approximate surface area is 147 Å². The van der Waals surface area contributed by atoms with Gasteiger partial charge in [0.25, 0.3) is 0 Å². The van der Waals surface area contributed by atoms with E-state index in [1.54, 1.807) is 0 Å². The minimum atomic E-state index is 0.623. The second kappa shape index (κ2) is 7.52. The Balaban J connectivity index is 2.25. The summed E-state index contributed by atoms with van der Waals surface area (Å²) in [7, 11) is 0. The normalized spacial score (nSPS) is 10.5. The van der Waals surface area contributed by atoms with Crippen LogP contribution in [-0.2, 0) is 6.54 Å². The van der Waals surface area contributed by atoms with Crippen LogP contribution in [-0.4, -0.2) is 6.61 Å². The average molecular weight is 434 g/mol. The van der Waals surface area contributed by atoms with Crippen LogP contribution in [0.4, 0.5) is 5.69 Å². The zero-order valence-corrected chi connectivity index (χ0v) is 15.8. The molecule has 0 aliphatic carbocycles. The maximum absolute atomic E-state index is 6.21. The fourth-order valence-corrected chi connectivity index (χ4v) is 3.63. The molecule has 0 saturated carbocycles. The topological polar surface area (TPSA) is 21.3 Å². The van der Waals surface area contributed by atoms with Crippen molar-refractivity contribution in [2.75, 3.05) is 11.9 Å². The summed E-state index contributed by atoms with van der Waals surface area (Å²) in [4.78, 5) is 0. The first-order valence-corrected chi connectivity index (χ1v) is 8.58. The highest BCUT2D eigenvalue weighted by atomic mass is 79.9. The van der Waals surface area contributed by atoms with E-state index in [1.807, 2.05) is 44.2 Å². The molecule has 1 N–H and O–H groups in total. The van der Waals surface area contributed by atoms with Gasteiger partial charge in [-0.05, 0) is 59.6 Å². The van der Waals surface area contributed by atoms with Crippen molar-refractivity contribution < 1.29 is 4.74 Å². The van der Waals surface area contributed by atoms with E-state index in [1.165, 1.54) is 5.56 Å². The Morgan fingerprint density at radius 1 is 1.19 bits per heavy atom. The molecule has 0 aromatic heterocycles. The Hall–Kier alpha value is -0.710. The highest BCUT2D eigenvalue weighted by molar-refractivity contribution is 9.11. The van der Waals surface area contributed by atoms with Gasteiger partial charge in [0.15, 0.2) is 0 Å². The lowest BCUT2D eigenvalue weighted by Crippen LogP contribution is -2.04. The third kappa shape index (κ3) is 4.38. The smallest absolute Gasteiger partial charge is 0.138 e. The summed E-state index contributed by atoms with van der Waals surface area (Å²) in [5, 5.41) is 4.09. The molecule has 112 valence electrons. The van der Waals surface area contributed by atoms with Crippen molar-refractivity contribution in [2.45, 2.75) is 20.4 Å². The summed E-state index contributed by atoms with van der Waals surface area (Å²) in [6, 6.07) is 9.96. The predicted molar refractivity (Wildman–Crippen MR) is 96.5 cm³/mol. The van der Waals surface area contributed by atoms with Crippen molar-refractivity contribution in [3.8, 4) is 5.75 Å². The summed E-state index contributed by atoms with van der Waals surface area (Å²) >= 11 is 13.3. The standard InChI is InChI=1S/C16H16Br2ClNO/c1-3-21-16-11(7-12(17)8-13(16)18)9-20-15-6-10(2)4-5-14(15)19/h4-8,20H,3,9H2,1-2H3. The van der Waals surface area contributed by atoms with E-state index in [4.69, 9.17) is 16.3 Å². The van der Waals surface area contributed by atoms with Gasteiger partial charge in [0.05, 0.1) is 21.8 Å². The average Bonchev–Trinajstić information content (AvgIpc) is 2.43. The fraction of sp³-hybridized carbons (Fsp3) is 0.250. The lowest BCUT2D eigenvalue weighted by atomic mass is 10.2. The quantitative estimate of drug-likeness (QED) is 0.608. The predicted octanol–water partition coefficient (Wildman–Crippen LogP) is 6.18. The summed E-state index contributed by atoms with van der Waals surface area (Å²) in [5.41, 5.74) is 3.16. The van der Waals surface area contributed by atoms with Crippen LogP contribution in [0.2, 0.25) is 5.02 Å². The van der Waals surface area contributed by atoms with Crippen molar-refractivity contribution in [1.29, 1.82) is 0 Å². The first kappa shape index (κ1) is 16.7. The molecule has 0 unspecified atom stereocenters. The van der Waals surface area contributed by atoms with Gasteiger partial charge >= 0.3 is 0 Å². The molecule has 0 fully saturated rings. The Kier molecular flexibility index (Phi) is 5.97. The molecular weight excluding hydrogens is 417 g/mol. The monoisotopic (exact) mass is 431 g/mol. The summed E-state index contributed by atoms with van der Waals surface area (Å²) in [6.45, 7) is 5.28. The zero-order valence-electron chi connectivity index (χ0n) is 11.8. The molecule has 0 heterocycles. The molecule has 0 atom stereocenters. The first-order chi connectivity index (χ1) is 10.0. The third-order valence-corrected chi connectivity index (χ3v) is 4.34. The molecule has 0 amide bonds. The van der Waals surface area contributed by atoms with E-state index in [2.05, 4.69) is 37.2 Å². The maximum atomic E-state index is 6.21. The van der Waals surface area contributed by atoms with Gasteiger partial charge in [0.1, 0.15) is 5.75 Å². The number of hydrogen-bond donors (Lipinski definition) is 1. The molecule has 2 aromatic carbocycles. The fourth-order valence-electron chi connectivity index (χ4n) is 2.02. The number of aryl methyl sites for hydroxylation is 1. The van der Waals surface area contributed by atoms with Crippen LogP contribution in [0.5, 0.6) is 5.75 Å². The highest BCUT2D eigenvalue weighted by Crippen LogP contribution is 2.34. The number of ether oxygens (including phenoxy) is 1. The maximum Gasteiger partial charge on any atom is 0.138 e. The molecule has 2 nitrogen and oxygen atoms in total. The van der Waals surface area contributed by atoms with Crippen molar-refractivity contribution in [2.24, 2.45) is 0 Å². The van der Waals surface area contributed by atoms with Crippen molar-refractivity contribution in [3.05, 3.63) is 55.4 Å². The Morgan fingerprint density at radius 3 is 2.67 bits per heavy atom. The van der Waals surface area contributed by atoms with Crippen LogP contribution in [0.1, 0.15) is 18.1 Å². The number of benzene rings is 2. The molecule has 0 bridgehead atoms. The molecule has 21 heavy (non-hydrogen) atoms. The third-order valence-electron chi connectivity index (χ3n) is 2.97. The van der Waals surface area contributed by atoms with Gasteiger partial charge in [-0.2, -0.15) is 0 Å². The molecule has 0 aliphatic heterocycles. The lowest BCUT2D eigenvalue weighted by molar-refractivity contribution is 0.334. The lowest BCUT2D eigenvalue weighted by Gasteiger charge is -2.15. The van der Waals surface area contributed by atoms with Crippen LogP contribution in [0.25, 0.3) is 0 Å². The summed E-state index contributed by atoms with van der Waals surface area (Å²) in [6.07, 6.45) is 0. The van der Waals surface area contributed by atoms with Gasteiger partial charge in [-0.15, -0.1) is 0 Å². The number of halogens is 3. The molecule has 0 spiro atoms. The van der Waals surface area contributed by atoms with Crippen LogP contribution in [0.3, 0.4) is 0 Å². The van der Waals surface area contributed by atoms with Crippen molar-refractivity contribution in [1.82, 2.24) is 0 Å². The van der Waals surface area contributed by atoms with Crippen molar-refractivity contribution in [3.63, 3.8) is 0 Å². The number of hydrogen-bond acceptors (Lipinski definition) is 2. The molecule has 0 aliphatic rings. The van der Waals surface area contributed by atoms with Gasteiger partial charge in [-0.1, -0.05) is 33.6 Å². The summed E-state index contributed by atoms with van der Waals surface area (Å²) in [5.74, 6) is 0.858. The minimum Gasteiger partial charge on any atom is -0.492 e. The number of nitrogens with one attached hydrogen (secondary N) is 1. The van der Waals surface area contributed by atoms with E-state index in [9.17, 15) is 0 Å². The van der Waals surface area contributed by atoms with Crippen LogP contribution in [0, 0.1) is 6.92 Å². The number of anilines is 1. The van der Waals surface area contributed by atoms with E-state index in [0.29, 0.717) is 18.2 Å². The molecule has 0 radical (unpaired) electrons. The Bertz CT molecular complexity index is 646. The van der Waals surface area contributed by atoms with Crippen LogP contribution in [0.15, 0.2) is 39.3 Å². The Morgan fingerprint density at radius 2 is 1.95 bits per heavy atom. The van der Waals surface area contributed by atoms with Crippen LogP contribution >= 0.6 is 43.5 Å². The molecular formula is C16H16Br2ClNO. The largest absolute Gasteiger partial charge is 0.492 e. The van der Waals surface area contributed by atoms with Gasteiger partial charge in [-0.3, -0.25) is 0 Å². The summed E-state index contributed by atoms with van der Waals surface area (Å²) < 4.78 is 7.67. The van der Waals surface area contributed by atoms with Gasteiger partial charge in [-0.25, -0.2) is 0 Å². The second-order valence-electron chi connectivity index (χ2n) is 4.65. The second-order valence-corrected chi connectivity index (χ2v) is 6.82. The van der Waals surface area contributed by atoms with E-state index >= 15 is 0 Å². The van der Waals surface area contributed by atoms with Crippen molar-refractivity contribution >= 4 is 49.1 Å². The van der Waals surface area contributed by atoms with E-state index in [0.717, 1.165) is 25.9 Å². The van der Waals surface area contributed by atoms with Gasteiger partial charge in [0.2, 0.25) is 0 Å². The molecule has 0 saturated heterocycles.